The van der Waals surface area contributed by atoms with Crippen LogP contribution in [-0.4, -0.2) is 25.2 Å². The minimum Gasteiger partial charge on any atom is -0.314 e. The Morgan fingerprint density at radius 2 is 2.20 bits per heavy atom. The summed E-state index contributed by atoms with van der Waals surface area (Å²) in [6.07, 6.45) is 7.34. The molecule has 3 nitrogen and oxygen atoms in total. The Balaban J connectivity index is 1.79. The monoisotopic (exact) mass is 207 g/mol. The Bertz CT molecular complexity index is 228. The van der Waals surface area contributed by atoms with Crippen LogP contribution in [0.1, 0.15) is 38.5 Å². The molecule has 1 saturated carbocycles. The maximum atomic E-state index is 8.52. The molecule has 1 aliphatic heterocycles. The number of hydrogen-bond donors (Lipinski definition) is 2. The summed E-state index contributed by atoms with van der Waals surface area (Å²) in [4.78, 5) is 0. The van der Waals surface area contributed by atoms with Gasteiger partial charge >= 0.3 is 0 Å². The summed E-state index contributed by atoms with van der Waals surface area (Å²) >= 11 is 0. The van der Waals surface area contributed by atoms with E-state index in [4.69, 9.17) is 5.26 Å². The second-order valence-electron chi connectivity index (χ2n) is 4.77. The van der Waals surface area contributed by atoms with Crippen molar-refractivity contribution in [3.63, 3.8) is 0 Å². The van der Waals surface area contributed by atoms with Crippen molar-refractivity contribution < 1.29 is 0 Å². The molecule has 0 aromatic heterocycles. The molecule has 3 atom stereocenters. The van der Waals surface area contributed by atoms with Gasteiger partial charge in [-0.1, -0.05) is 6.42 Å². The topological polar surface area (TPSA) is 47.9 Å². The molecule has 0 spiro atoms. The summed E-state index contributed by atoms with van der Waals surface area (Å²) in [5, 5.41) is 15.7. The lowest BCUT2D eigenvalue weighted by atomic mass is 9.93. The average Bonchev–Trinajstić information content (AvgIpc) is 2.87. The van der Waals surface area contributed by atoms with Gasteiger partial charge in [0, 0.05) is 25.0 Å². The molecule has 2 aliphatic rings. The maximum absolute atomic E-state index is 8.52. The summed E-state index contributed by atoms with van der Waals surface area (Å²) in [6, 6.07) is 3.60. The van der Waals surface area contributed by atoms with E-state index in [0.717, 1.165) is 18.5 Å². The first kappa shape index (κ1) is 10.9. The highest BCUT2D eigenvalue weighted by molar-refractivity contribution is 4.93. The summed E-state index contributed by atoms with van der Waals surface area (Å²) in [5.74, 6) is 0.811. The molecule has 2 fully saturated rings. The second kappa shape index (κ2) is 5.48. The SMILES string of the molecule is N#CCCNC1CCCC1C1CCCN1. The Morgan fingerprint density at radius 1 is 1.27 bits per heavy atom. The molecule has 1 saturated heterocycles. The predicted molar refractivity (Wildman–Crippen MR) is 60.4 cm³/mol. The maximum Gasteiger partial charge on any atom is 0.0635 e. The highest BCUT2D eigenvalue weighted by Gasteiger charge is 2.34. The van der Waals surface area contributed by atoms with Gasteiger partial charge in [-0.05, 0) is 38.1 Å². The van der Waals surface area contributed by atoms with Gasteiger partial charge in [-0.15, -0.1) is 0 Å². The van der Waals surface area contributed by atoms with Crippen molar-refractivity contribution >= 4 is 0 Å². The van der Waals surface area contributed by atoms with Crippen LogP contribution in [0.25, 0.3) is 0 Å². The molecule has 0 bridgehead atoms. The van der Waals surface area contributed by atoms with Gasteiger partial charge in [-0.25, -0.2) is 0 Å². The first-order valence-corrected chi connectivity index (χ1v) is 6.25. The van der Waals surface area contributed by atoms with Crippen LogP contribution < -0.4 is 10.6 Å². The zero-order chi connectivity index (χ0) is 10.5. The van der Waals surface area contributed by atoms with Crippen LogP contribution in [0.15, 0.2) is 0 Å². The van der Waals surface area contributed by atoms with E-state index in [9.17, 15) is 0 Å². The molecule has 2 rings (SSSR count). The van der Waals surface area contributed by atoms with E-state index in [1.54, 1.807) is 0 Å². The van der Waals surface area contributed by atoms with Gasteiger partial charge in [0.15, 0.2) is 0 Å². The first-order valence-electron chi connectivity index (χ1n) is 6.25. The van der Waals surface area contributed by atoms with Crippen LogP contribution in [-0.2, 0) is 0 Å². The molecule has 1 aliphatic carbocycles. The molecule has 0 aromatic rings. The highest BCUT2D eigenvalue weighted by Crippen LogP contribution is 2.31. The molecule has 2 N–H and O–H groups in total. The van der Waals surface area contributed by atoms with E-state index in [1.165, 1.54) is 38.6 Å². The van der Waals surface area contributed by atoms with Crippen molar-refractivity contribution in [3.8, 4) is 6.07 Å². The third-order valence-electron chi connectivity index (χ3n) is 3.83. The lowest BCUT2D eigenvalue weighted by molar-refractivity contribution is 0.323. The molecule has 0 aromatic carbocycles. The number of rotatable bonds is 4. The quantitative estimate of drug-likeness (QED) is 0.685. The van der Waals surface area contributed by atoms with E-state index in [1.807, 2.05) is 0 Å². The largest absolute Gasteiger partial charge is 0.314 e. The van der Waals surface area contributed by atoms with Crippen LogP contribution in [0.3, 0.4) is 0 Å². The van der Waals surface area contributed by atoms with Crippen molar-refractivity contribution in [2.45, 2.75) is 50.6 Å². The zero-order valence-corrected chi connectivity index (χ0v) is 9.34. The number of nitrogens with one attached hydrogen (secondary N) is 2. The van der Waals surface area contributed by atoms with Gasteiger partial charge in [-0.2, -0.15) is 5.26 Å². The normalized spacial score (nSPS) is 35.5. The van der Waals surface area contributed by atoms with Gasteiger partial charge in [0.2, 0.25) is 0 Å². The second-order valence-corrected chi connectivity index (χ2v) is 4.77. The standard InChI is InChI=1S/C12H21N3/c13-7-3-9-15-11-5-1-4-10(11)12-6-2-8-14-12/h10-12,14-15H,1-6,8-9H2. The van der Waals surface area contributed by atoms with Crippen LogP contribution in [0.4, 0.5) is 0 Å². The van der Waals surface area contributed by atoms with Crippen LogP contribution in [0.5, 0.6) is 0 Å². The minimum atomic E-state index is 0.640. The Hall–Kier alpha value is -0.590. The minimum absolute atomic E-state index is 0.640. The molecule has 15 heavy (non-hydrogen) atoms. The van der Waals surface area contributed by atoms with E-state index in [-0.39, 0.29) is 0 Å². The van der Waals surface area contributed by atoms with Crippen LogP contribution >= 0.6 is 0 Å². The molecule has 84 valence electrons. The molecule has 3 heteroatoms. The zero-order valence-electron chi connectivity index (χ0n) is 9.34. The highest BCUT2D eigenvalue weighted by atomic mass is 15.0. The Morgan fingerprint density at radius 3 is 2.93 bits per heavy atom. The third-order valence-corrected chi connectivity index (χ3v) is 3.83. The summed E-state index contributed by atoms with van der Waals surface area (Å²) in [6.45, 7) is 2.07. The molecule has 1 heterocycles. The first-order chi connectivity index (χ1) is 7.42. The Labute approximate surface area is 92.2 Å². The Kier molecular flexibility index (Phi) is 3.99. The third kappa shape index (κ3) is 2.70. The fourth-order valence-electron chi connectivity index (χ4n) is 3.11. The fourth-order valence-corrected chi connectivity index (χ4v) is 3.11. The van der Waals surface area contributed by atoms with Gasteiger partial charge < -0.3 is 10.6 Å². The van der Waals surface area contributed by atoms with Crippen molar-refractivity contribution in [2.75, 3.05) is 13.1 Å². The lowest BCUT2D eigenvalue weighted by Crippen LogP contribution is -2.42. The van der Waals surface area contributed by atoms with Crippen LogP contribution in [0, 0.1) is 17.2 Å². The molecular weight excluding hydrogens is 186 g/mol. The van der Waals surface area contributed by atoms with E-state index < -0.39 is 0 Å². The van der Waals surface area contributed by atoms with Crippen molar-refractivity contribution in [2.24, 2.45) is 5.92 Å². The van der Waals surface area contributed by atoms with E-state index in [2.05, 4.69) is 16.7 Å². The number of nitriles is 1. The summed E-state index contributed by atoms with van der Waals surface area (Å²) < 4.78 is 0. The molecule has 0 amide bonds. The molecule has 0 radical (unpaired) electrons. The summed E-state index contributed by atoms with van der Waals surface area (Å²) in [5.41, 5.74) is 0. The summed E-state index contributed by atoms with van der Waals surface area (Å²) in [7, 11) is 0. The van der Waals surface area contributed by atoms with Gasteiger partial charge in [-0.3, -0.25) is 0 Å². The van der Waals surface area contributed by atoms with Gasteiger partial charge in [0.25, 0.3) is 0 Å². The van der Waals surface area contributed by atoms with Crippen molar-refractivity contribution in [1.82, 2.24) is 10.6 Å². The number of hydrogen-bond acceptors (Lipinski definition) is 3. The van der Waals surface area contributed by atoms with Crippen LogP contribution in [0.2, 0.25) is 0 Å². The van der Waals surface area contributed by atoms with Crippen molar-refractivity contribution in [3.05, 3.63) is 0 Å². The fraction of sp³-hybridized carbons (Fsp3) is 0.917. The molecule has 3 unspecified atom stereocenters. The van der Waals surface area contributed by atoms with E-state index >= 15 is 0 Å². The predicted octanol–water partition coefficient (Wildman–Crippen LogP) is 1.41. The number of nitrogens with zero attached hydrogens (tertiary/aromatic N) is 1. The smallest absolute Gasteiger partial charge is 0.0635 e. The van der Waals surface area contributed by atoms with Gasteiger partial charge in [0.05, 0.1) is 6.07 Å². The van der Waals surface area contributed by atoms with E-state index in [0.29, 0.717) is 12.5 Å². The average molecular weight is 207 g/mol. The van der Waals surface area contributed by atoms with Crippen molar-refractivity contribution in [1.29, 1.82) is 5.26 Å². The van der Waals surface area contributed by atoms with Gasteiger partial charge in [0.1, 0.15) is 0 Å². The lowest BCUT2D eigenvalue weighted by Gasteiger charge is -2.26. The molecular formula is C12H21N3.